The summed E-state index contributed by atoms with van der Waals surface area (Å²) in [6, 6.07) is 9.66. The van der Waals surface area contributed by atoms with Crippen molar-refractivity contribution in [1.82, 2.24) is 9.97 Å². The van der Waals surface area contributed by atoms with Crippen molar-refractivity contribution in [2.45, 2.75) is 31.8 Å². The molecule has 0 atom stereocenters. The number of benzene rings is 1. The lowest BCUT2D eigenvalue weighted by atomic mass is 10.0. The molecule has 25 heavy (non-hydrogen) atoms. The molecule has 0 saturated heterocycles. The molecule has 5 nitrogen and oxygen atoms in total. The van der Waals surface area contributed by atoms with E-state index in [4.69, 9.17) is 0 Å². The zero-order valence-electron chi connectivity index (χ0n) is 14.3. The number of anilines is 1. The summed E-state index contributed by atoms with van der Waals surface area (Å²) < 4.78 is 0. The molecule has 2 aromatic heterocycles. The van der Waals surface area contributed by atoms with E-state index < -0.39 is 0 Å². The topological polar surface area (TPSA) is 74.8 Å². The van der Waals surface area contributed by atoms with Crippen LogP contribution in [0.15, 0.2) is 40.3 Å². The van der Waals surface area contributed by atoms with Crippen molar-refractivity contribution in [2.75, 3.05) is 11.1 Å². The van der Waals surface area contributed by atoms with E-state index in [-0.39, 0.29) is 17.2 Å². The number of thiophene rings is 1. The molecule has 0 spiro atoms. The molecule has 3 aromatic rings. The highest BCUT2D eigenvalue weighted by molar-refractivity contribution is 7.99. The van der Waals surface area contributed by atoms with Crippen LogP contribution in [-0.2, 0) is 4.79 Å². The van der Waals surface area contributed by atoms with Crippen LogP contribution in [0, 0.1) is 6.92 Å². The van der Waals surface area contributed by atoms with Gasteiger partial charge in [-0.2, -0.15) is 0 Å². The number of hydrogen-bond acceptors (Lipinski definition) is 5. The van der Waals surface area contributed by atoms with Crippen LogP contribution in [0.3, 0.4) is 0 Å². The van der Waals surface area contributed by atoms with Gasteiger partial charge in [0, 0.05) is 10.6 Å². The summed E-state index contributed by atoms with van der Waals surface area (Å²) in [5, 5.41) is 3.92. The first-order valence-corrected chi connectivity index (χ1v) is 9.75. The number of fused-ring (bicyclic) bond motifs is 1. The number of nitrogens with zero attached hydrogens (tertiary/aromatic N) is 1. The SMILES string of the molecule is Cc1cc2c(=O)[nH]c(SCC(=O)Nc3ccc(C(C)C)cc3)nc2s1. The van der Waals surface area contributed by atoms with Gasteiger partial charge in [-0.3, -0.25) is 9.59 Å². The highest BCUT2D eigenvalue weighted by Gasteiger charge is 2.10. The number of aromatic nitrogens is 2. The maximum atomic E-state index is 12.1. The Morgan fingerprint density at radius 1 is 1.32 bits per heavy atom. The van der Waals surface area contributed by atoms with Crippen molar-refractivity contribution in [3.05, 3.63) is 51.1 Å². The second-order valence-corrected chi connectivity index (χ2v) is 8.26. The second-order valence-electron chi connectivity index (χ2n) is 6.06. The standard InChI is InChI=1S/C18H19N3O2S2/c1-10(2)12-4-6-13(7-5-12)19-15(22)9-24-18-20-16(23)14-8-11(3)25-17(14)21-18/h4-8,10H,9H2,1-3H3,(H,19,22)(H,20,21,23). The molecule has 0 aliphatic rings. The predicted octanol–water partition coefficient (Wildman–Crippen LogP) is 4.15. The first kappa shape index (κ1) is 17.7. The summed E-state index contributed by atoms with van der Waals surface area (Å²) in [4.78, 5) is 33.0. The minimum Gasteiger partial charge on any atom is -0.325 e. The van der Waals surface area contributed by atoms with Gasteiger partial charge < -0.3 is 10.3 Å². The maximum absolute atomic E-state index is 12.1. The van der Waals surface area contributed by atoms with Crippen molar-refractivity contribution < 1.29 is 4.79 Å². The van der Waals surface area contributed by atoms with Gasteiger partial charge in [-0.05, 0) is 36.6 Å². The lowest BCUT2D eigenvalue weighted by Crippen LogP contribution is -2.15. The number of rotatable bonds is 5. The van der Waals surface area contributed by atoms with E-state index in [0.29, 0.717) is 21.3 Å². The third-order valence-electron chi connectivity index (χ3n) is 3.70. The van der Waals surface area contributed by atoms with Crippen LogP contribution in [0.4, 0.5) is 5.69 Å². The summed E-state index contributed by atoms with van der Waals surface area (Å²) >= 11 is 2.70. The van der Waals surface area contributed by atoms with Crippen LogP contribution in [0.2, 0.25) is 0 Å². The average molecular weight is 374 g/mol. The molecule has 0 bridgehead atoms. The minimum absolute atomic E-state index is 0.132. The summed E-state index contributed by atoms with van der Waals surface area (Å²) in [6.07, 6.45) is 0. The number of aromatic amines is 1. The molecule has 130 valence electrons. The summed E-state index contributed by atoms with van der Waals surface area (Å²) in [5.74, 6) is 0.511. The van der Waals surface area contributed by atoms with E-state index in [2.05, 4.69) is 29.1 Å². The van der Waals surface area contributed by atoms with E-state index in [0.717, 1.165) is 10.6 Å². The molecule has 0 fully saturated rings. The van der Waals surface area contributed by atoms with E-state index in [1.54, 1.807) is 0 Å². The fourth-order valence-corrected chi connectivity index (χ4v) is 3.98. The number of H-pyrrole nitrogens is 1. The van der Waals surface area contributed by atoms with Gasteiger partial charge >= 0.3 is 0 Å². The van der Waals surface area contributed by atoms with E-state index >= 15 is 0 Å². The number of nitrogens with one attached hydrogen (secondary N) is 2. The fraction of sp³-hybridized carbons (Fsp3) is 0.278. The Balaban J connectivity index is 1.63. The predicted molar refractivity (Wildman–Crippen MR) is 105 cm³/mol. The highest BCUT2D eigenvalue weighted by Crippen LogP contribution is 2.23. The average Bonchev–Trinajstić information content (AvgIpc) is 2.94. The van der Waals surface area contributed by atoms with Crippen LogP contribution >= 0.6 is 23.1 Å². The van der Waals surface area contributed by atoms with Gasteiger partial charge in [-0.1, -0.05) is 37.7 Å². The monoisotopic (exact) mass is 373 g/mol. The Kier molecular flexibility index (Phi) is 5.24. The van der Waals surface area contributed by atoms with Gasteiger partial charge in [0.05, 0.1) is 11.1 Å². The first-order valence-electron chi connectivity index (χ1n) is 7.95. The third kappa shape index (κ3) is 4.29. The third-order valence-corrected chi connectivity index (χ3v) is 5.52. The second kappa shape index (κ2) is 7.41. The van der Waals surface area contributed by atoms with Crippen molar-refractivity contribution in [1.29, 1.82) is 0 Å². The number of aryl methyl sites for hydroxylation is 1. The molecule has 1 amide bonds. The van der Waals surface area contributed by atoms with Gasteiger partial charge in [-0.15, -0.1) is 11.3 Å². The zero-order chi connectivity index (χ0) is 18.0. The quantitative estimate of drug-likeness (QED) is 0.520. The Morgan fingerprint density at radius 3 is 2.72 bits per heavy atom. The molecule has 0 unspecified atom stereocenters. The van der Waals surface area contributed by atoms with Gasteiger partial charge in [0.2, 0.25) is 5.91 Å². The zero-order valence-corrected chi connectivity index (χ0v) is 15.9. The van der Waals surface area contributed by atoms with Gasteiger partial charge in [-0.25, -0.2) is 4.98 Å². The van der Waals surface area contributed by atoms with Crippen molar-refractivity contribution in [3.63, 3.8) is 0 Å². The Bertz CT molecular complexity index is 959. The number of carbonyl (C=O) groups excluding carboxylic acids is 1. The van der Waals surface area contributed by atoms with E-state index in [1.807, 2.05) is 37.3 Å². The molecule has 0 saturated carbocycles. The molecule has 0 aliphatic carbocycles. The number of hydrogen-bond donors (Lipinski definition) is 2. The maximum Gasteiger partial charge on any atom is 0.260 e. The number of amides is 1. The van der Waals surface area contributed by atoms with Crippen LogP contribution in [-0.4, -0.2) is 21.6 Å². The van der Waals surface area contributed by atoms with Crippen LogP contribution in [0.1, 0.15) is 30.2 Å². The molecule has 7 heteroatoms. The number of carbonyl (C=O) groups is 1. The molecular formula is C18H19N3O2S2. The molecule has 0 radical (unpaired) electrons. The van der Waals surface area contributed by atoms with Gasteiger partial charge in [0.1, 0.15) is 4.83 Å². The molecule has 0 aliphatic heterocycles. The molecule has 2 N–H and O–H groups in total. The highest BCUT2D eigenvalue weighted by atomic mass is 32.2. The number of thioether (sulfide) groups is 1. The van der Waals surface area contributed by atoms with Gasteiger partial charge in [0.15, 0.2) is 5.16 Å². The van der Waals surface area contributed by atoms with Crippen molar-refractivity contribution in [3.8, 4) is 0 Å². The van der Waals surface area contributed by atoms with Gasteiger partial charge in [0.25, 0.3) is 5.56 Å². The summed E-state index contributed by atoms with van der Waals surface area (Å²) in [7, 11) is 0. The van der Waals surface area contributed by atoms with E-state index in [9.17, 15) is 9.59 Å². The Labute approximate surface area is 153 Å². The van der Waals surface area contributed by atoms with Crippen LogP contribution in [0.25, 0.3) is 10.2 Å². The molecule has 2 heterocycles. The molecule has 1 aromatic carbocycles. The summed E-state index contributed by atoms with van der Waals surface area (Å²) in [5.41, 5.74) is 1.83. The smallest absolute Gasteiger partial charge is 0.260 e. The van der Waals surface area contributed by atoms with E-state index in [1.165, 1.54) is 28.7 Å². The molecular weight excluding hydrogens is 354 g/mol. The largest absolute Gasteiger partial charge is 0.325 e. The lowest BCUT2D eigenvalue weighted by molar-refractivity contribution is -0.113. The van der Waals surface area contributed by atoms with Crippen molar-refractivity contribution in [2.24, 2.45) is 0 Å². The Hall–Kier alpha value is -2.12. The first-order chi connectivity index (χ1) is 11.9. The van der Waals surface area contributed by atoms with Crippen LogP contribution in [0.5, 0.6) is 0 Å². The summed E-state index contributed by atoms with van der Waals surface area (Å²) in [6.45, 7) is 6.20. The Morgan fingerprint density at radius 2 is 2.04 bits per heavy atom. The van der Waals surface area contributed by atoms with Crippen molar-refractivity contribution >= 4 is 44.9 Å². The van der Waals surface area contributed by atoms with Crippen LogP contribution < -0.4 is 10.9 Å². The fourth-order valence-electron chi connectivity index (χ4n) is 2.38. The minimum atomic E-state index is -0.165. The lowest BCUT2D eigenvalue weighted by Gasteiger charge is -2.08. The normalized spacial score (nSPS) is 11.2. The molecule has 3 rings (SSSR count).